The average molecular weight is 254 g/mol. The van der Waals surface area contributed by atoms with Crippen LogP contribution < -0.4 is 10.9 Å². The monoisotopic (exact) mass is 254 g/mol. The molecule has 1 aromatic heterocycles. The number of nitrogens with zero attached hydrogens (tertiary/aromatic N) is 2. The molecule has 18 heavy (non-hydrogen) atoms. The van der Waals surface area contributed by atoms with Crippen LogP contribution in [0, 0.1) is 22.5 Å². The summed E-state index contributed by atoms with van der Waals surface area (Å²) in [5, 5.41) is 13.0. The highest BCUT2D eigenvalue weighted by Crippen LogP contribution is 2.16. The van der Waals surface area contributed by atoms with Gasteiger partial charge in [0, 0.05) is 5.41 Å². The van der Waals surface area contributed by atoms with Gasteiger partial charge in [0.1, 0.15) is 5.69 Å². The van der Waals surface area contributed by atoms with E-state index in [-0.39, 0.29) is 17.5 Å². The molecule has 0 atom stereocenters. The van der Waals surface area contributed by atoms with Crippen molar-refractivity contribution in [3.63, 3.8) is 0 Å². The minimum Gasteiger partial charge on any atom is -0.296 e. The maximum atomic E-state index is 11.7. The van der Waals surface area contributed by atoms with Crippen molar-refractivity contribution in [1.82, 2.24) is 9.97 Å². The molecule has 0 aliphatic heterocycles. The van der Waals surface area contributed by atoms with Crippen LogP contribution in [0.5, 0.6) is 0 Å². The van der Waals surface area contributed by atoms with E-state index in [0.29, 0.717) is 0 Å². The molecule has 2 N–H and O–H groups in total. The number of nitro groups is 1. The molecule has 0 spiro atoms. The molecule has 0 aliphatic carbocycles. The zero-order chi connectivity index (χ0) is 14.1. The van der Waals surface area contributed by atoms with Gasteiger partial charge in [0.15, 0.2) is 0 Å². The van der Waals surface area contributed by atoms with E-state index in [9.17, 15) is 19.7 Å². The summed E-state index contributed by atoms with van der Waals surface area (Å²) in [7, 11) is 0. The van der Waals surface area contributed by atoms with E-state index in [1.807, 2.05) is 0 Å². The first-order valence-corrected chi connectivity index (χ1v) is 5.19. The Balaban J connectivity index is 3.13. The topological polar surface area (TPSA) is 118 Å². The Morgan fingerprint density at radius 2 is 2.00 bits per heavy atom. The highest BCUT2D eigenvalue weighted by atomic mass is 16.6. The van der Waals surface area contributed by atoms with Crippen molar-refractivity contribution in [2.75, 3.05) is 5.32 Å². The Hall–Kier alpha value is -2.25. The van der Waals surface area contributed by atoms with E-state index >= 15 is 0 Å². The van der Waals surface area contributed by atoms with Crippen LogP contribution in [0.15, 0.2) is 4.79 Å². The van der Waals surface area contributed by atoms with E-state index in [0.717, 1.165) is 0 Å². The van der Waals surface area contributed by atoms with Gasteiger partial charge in [0.2, 0.25) is 11.9 Å². The normalized spacial score (nSPS) is 11.1. The summed E-state index contributed by atoms with van der Waals surface area (Å²) in [6.07, 6.45) is 0. The number of aromatic amines is 1. The van der Waals surface area contributed by atoms with Crippen LogP contribution in [0.25, 0.3) is 0 Å². The molecule has 8 nitrogen and oxygen atoms in total. The molecule has 1 aromatic rings. The Bertz CT molecular complexity index is 556. The third-order valence-electron chi connectivity index (χ3n) is 2.16. The van der Waals surface area contributed by atoms with Crippen molar-refractivity contribution in [3.05, 3.63) is 26.2 Å². The first-order chi connectivity index (χ1) is 8.12. The molecular formula is C10H14N4O4. The van der Waals surface area contributed by atoms with E-state index in [1.165, 1.54) is 6.92 Å². The van der Waals surface area contributed by atoms with Crippen molar-refractivity contribution >= 4 is 17.5 Å². The molecule has 0 unspecified atom stereocenters. The summed E-state index contributed by atoms with van der Waals surface area (Å²) in [5.41, 5.74) is -2.22. The fourth-order valence-corrected chi connectivity index (χ4v) is 1.15. The van der Waals surface area contributed by atoms with Gasteiger partial charge in [-0.15, -0.1) is 0 Å². The number of H-pyrrole nitrogens is 1. The molecule has 0 aromatic carbocycles. The van der Waals surface area contributed by atoms with Gasteiger partial charge in [-0.3, -0.25) is 30.0 Å². The predicted molar refractivity (Wildman–Crippen MR) is 64.3 cm³/mol. The average Bonchev–Trinajstić information content (AvgIpc) is 2.13. The number of hydrogen-bond donors (Lipinski definition) is 2. The number of anilines is 1. The van der Waals surface area contributed by atoms with Crippen LogP contribution in [-0.4, -0.2) is 20.8 Å². The molecule has 0 saturated heterocycles. The second kappa shape index (κ2) is 4.55. The molecule has 0 fully saturated rings. The molecule has 98 valence electrons. The fourth-order valence-electron chi connectivity index (χ4n) is 1.15. The number of carbonyl (C=O) groups excluding carboxylic acids is 1. The Labute approximate surface area is 103 Å². The van der Waals surface area contributed by atoms with Crippen LogP contribution in [0.2, 0.25) is 0 Å². The van der Waals surface area contributed by atoms with Crippen LogP contribution >= 0.6 is 0 Å². The molecule has 0 bridgehead atoms. The maximum absolute atomic E-state index is 11.7. The standard InChI is InChI=1S/C10H14N4O4/c1-5-6(14(17)18)7(15)12-9(11-5)13-8(16)10(2,3)4/h1-4H3,(H2,11,12,13,15,16). The first-order valence-electron chi connectivity index (χ1n) is 5.19. The van der Waals surface area contributed by atoms with Gasteiger partial charge in [-0.1, -0.05) is 20.8 Å². The fraction of sp³-hybridized carbons (Fsp3) is 0.500. The summed E-state index contributed by atoms with van der Waals surface area (Å²) in [4.78, 5) is 38.8. The number of amides is 1. The number of nitrogens with one attached hydrogen (secondary N) is 2. The number of aryl methyl sites for hydroxylation is 1. The quantitative estimate of drug-likeness (QED) is 0.602. The van der Waals surface area contributed by atoms with Crippen molar-refractivity contribution in [2.45, 2.75) is 27.7 Å². The van der Waals surface area contributed by atoms with E-state index in [4.69, 9.17) is 0 Å². The van der Waals surface area contributed by atoms with Gasteiger partial charge in [0.25, 0.3) is 0 Å². The lowest BCUT2D eigenvalue weighted by molar-refractivity contribution is -0.387. The lowest BCUT2D eigenvalue weighted by atomic mass is 9.96. The third kappa shape index (κ3) is 2.90. The molecule has 0 aliphatic rings. The van der Waals surface area contributed by atoms with Crippen molar-refractivity contribution in [2.24, 2.45) is 5.41 Å². The summed E-state index contributed by atoms with van der Waals surface area (Å²) in [5.74, 6) is -0.443. The molecule has 0 saturated carbocycles. The summed E-state index contributed by atoms with van der Waals surface area (Å²) in [6.45, 7) is 6.41. The predicted octanol–water partition coefficient (Wildman–Crippen LogP) is 0.971. The van der Waals surface area contributed by atoms with Crippen LogP contribution in [0.4, 0.5) is 11.6 Å². The molecule has 1 heterocycles. The van der Waals surface area contributed by atoms with Gasteiger partial charge in [0.05, 0.1) is 4.92 Å². The van der Waals surface area contributed by atoms with Crippen LogP contribution in [0.1, 0.15) is 26.5 Å². The van der Waals surface area contributed by atoms with Gasteiger partial charge < -0.3 is 0 Å². The maximum Gasteiger partial charge on any atom is 0.354 e. The van der Waals surface area contributed by atoms with Crippen LogP contribution in [-0.2, 0) is 4.79 Å². The molecular weight excluding hydrogens is 240 g/mol. The Kier molecular flexibility index (Phi) is 3.49. The SMILES string of the molecule is Cc1nc(NC(=O)C(C)(C)C)[nH]c(=O)c1[N+](=O)[O-]. The number of carbonyl (C=O) groups is 1. The first kappa shape index (κ1) is 13.8. The van der Waals surface area contributed by atoms with Crippen molar-refractivity contribution < 1.29 is 9.72 Å². The lowest BCUT2D eigenvalue weighted by Crippen LogP contribution is -2.30. The molecule has 0 radical (unpaired) electrons. The van der Waals surface area contributed by atoms with Gasteiger partial charge in [-0.05, 0) is 6.92 Å². The van der Waals surface area contributed by atoms with Gasteiger partial charge in [-0.25, -0.2) is 4.98 Å². The van der Waals surface area contributed by atoms with Crippen molar-refractivity contribution in [1.29, 1.82) is 0 Å². The highest BCUT2D eigenvalue weighted by Gasteiger charge is 2.24. The zero-order valence-corrected chi connectivity index (χ0v) is 10.5. The Morgan fingerprint density at radius 3 is 2.39 bits per heavy atom. The highest BCUT2D eigenvalue weighted by molar-refractivity contribution is 5.93. The number of rotatable bonds is 2. The van der Waals surface area contributed by atoms with E-state index < -0.39 is 21.6 Å². The molecule has 1 rings (SSSR count). The second-order valence-corrected chi connectivity index (χ2v) is 4.81. The lowest BCUT2D eigenvalue weighted by Gasteiger charge is -2.16. The second-order valence-electron chi connectivity index (χ2n) is 4.81. The Morgan fingerprint density at radius 1 is 1.44 bits per heavy atom. The number of aromatic nitrogens is 2. The summed E-state index contributed by atoms with van der Waals surface area (Å²) >= 11 is 0. The minimum atomic E-state index is -0.892. The van der Waals surface area contributed by atoms with Crippen molar-refractivity contribution in [3.8, 4) is 0 Å². The number of hydrogen-bond acceptors (Lipinski definition) is 5. The van der Waals surface area contributed by atoms with E-state index in [2.05, 4.69) is 15.3 Å². The van der Waals surface area contributed by atoms with E-state index in [1.54, 1.807) is 20.8 Å². The largest absolute Gasteiger partial charge is 0.354 e. The smallest absolute Gasteiger partial charge is 0.296 e. The third-order valence-corrected chi connectivity index (χ3v) is 2.16. The minimum absolute atomic E-state index is 0.0482. The summed E-state index contributed by atoms with van der Waals surface area (Å²) in [6, 6.07) is 0. The summed E-state index contributed by atoms with van der Waals surface area (Å²) < 4.78 is 0. The van der Waals surface area contributed by atoms with Gasteiger partial charge >= 0.3 is 11.2 Å². The zero-order valence-electron chi connectivity index (χ0n) is 10.5. The molecule has 8 heteroatoms. The van der Waals surface area contributed by atoms with Gasteiger partial charge in [-0.2, -0.15) is 0 Å². The molecule has 1 amide bonds. The van der Waals surface area contributed by atoms with Crippen LogP contribution in [0.3, 0.4) is 0 Å².